The van der Waals surface area contributed by atoms with Gasteiger partial charge in [0.1, 0.15) is 10.6 Å². The lowest BCUT2D eigenvalue weighted by molar-refractivity contribution is 0.0365. The maximum absolute atomic E-state index is 14.2. The Morgan fingerprint density at radius 3 is 2.67 bits per heavy atom. The molecule has 0 atom stereocenters. The van der Waals surface area contributed by atoms with Crippen molar-refractivity contribution in [1.82, 2.24) is 9.47 Å². The van der Waals surface area contributed by atoms with Gasteiger partial charge in [-0.05, 0) is 43.7 Å². The summed E-state index contributed by atoms with van der Waals surface area (Å²) in [5.74, 6) is -0.699. The van der Waals surface area contributed by atoms with E-state index in [4.69, 9.17) is 4.74 Å². The summed E-state index contributed by atoms with van der Waals surface area (Å²) in [6, 6.07) is 8.76. The number of ketones is 1. The van der Waals surface area contributed by atoms with Gasteiger partial charge < -0.3 is 9.30 Å². The van der Waals surface area contributed by atoms with Gasteiger partial charge in [-0.3, -0.25) is 9.69 Å². The Balaban J connectivity index is 1.58. The van der Waals surface area contributed by atoms with E-state index in [-0.39, 0.29) is 11.3 Å². The molecular formula is C21H23FN2O2S. The second-order valence-electron chi connectivity index (χ2n) is 7.07. The molecule has 3 aromatic rings. The summed E-state index contributed by atoms with van der Waals surface area (Å²) in [7, 11) is 0. The average Bonchev–Trinajstić information content (AvgIpc) is 3.17. The highest BCUT2D eigenvalue weighted by molar-refractivity contribution is 7.20. The van der Waals surface area contributed by atoms with Gasteiger partial charge in [-0.15, -0.1) is 11.3 Å². The van der Waals surface area contributed by atoms with E-state index >= 15 is 0 Å². The first-order chi connectivity index (χ1) is 13.0. The zero-order valence-electron chi connectivity index (χ0n) is 15.6. The Hall–Kier alpha value is -2.02. The van der Waals surface area contributed by atoms with Crippen molar-refractivity contribution in [3.05, 3.63) is 57.8 Å². The van der Waals surface area contributed by atoms with E-state index in [0.29, 0.717) is 4.88 Å². The number of aromatic nitrogens is 1. The predicted octanol–water partition coefficient (Wildman–Crippen LogP) is 4.02. The van der Waals surface area contributed by atoms with Crippen LogP contribution >= 0.6 is 11.3 Å². The summed E-state index contributed by atoms with van der Waals surface area (Å²) in [6.45, 7) is 9.25. The minimum atomic E-state index is -0.454. The van der Waals surface area contributed by atoms with Crippen molar-refractivity contribution in [3.63, 3.8) is 0 Å². The molecule has 0 unspecified atom stereocenters. The molecule has 3 heterocycles. The molecule has 0 spiro atoms. The minimum Gasteiger partial charge on any atom is -0.379 e. The van der Waals surface area contributed by atoms with Crippen LogP contribution < -0.4 is 0 Å². The summed E-state index contributed by atoms with van der Waals surface area (Å²) < 4.78 is 21.9. The normalized spacial score (nSPS) is 15.5. The van der Waals surface area contributed by atoms with Crippen molar-refractivity contribution < 1.29 is 13.9 Å². The summed E-state index contributed by atoms with van der Waals surface area (Å²) in [4.78, 5) is 16.9. The lowest BCUT2D eigenvalue weighted by atomic mass is 10.1. The highest BCUT2D eigenvalue weighted by Gasteiger charge is 2.19. The van der Waals surface area contributed by atoms with E-state index in [2.05, 4.69) is 22.5 Å². The van der Waals surface area contributed by atoms with Gasteiger partial charge in [0.25, 0.3) is 0 Å². The summed E-state index contributed by atoms with van der Waals surface area (Å²) >= 11 is 1.45. The van der Waals surface area contributed by atoms with Gasteiger partial charge in [-0.25, -0.2) is 4.39 Å². The van der Waals surface area contributed by atoms with Crippen LogP contribution in [0.1, 0.15) is 26.5 Å². The molecular weight excluding hydrogens is 363 g/mol. The minimum absolute atomic E-state index is 0.140. The molecule has 4 nitrogen and oxygen atoms in total. The first-order valence-electron chi connectivity index (χ1n) is 9.23. The van der Waals surface area contributed by atoms with Gasteiger partial charge >= 0.3 is 0 Å². The molecule has 0 aliphatic carbocycles. The summed E-state index contributed by atoms with van der Waals surface area (Å²) in [6.07, 6.45) is 0. The standard InChI is InChI=1S/C21H23FN2O2S/c1-14-3-4-17(18(22)11-14)20(25)19-13-16-12-15(2)24(21(16)27-19)6-5-23-7-9-26-10-8-23/h3-4,11-13H,5-10H2,1-2H3. The summed E-state index contributed by atoms with van der Waals surface area (Å²) in [5.41, 5.74) is 2.14. The number of thiophene rings is 1. The van der Waals surface area contributed by atoms with Crippen molar-refractivity contribution in [1.29, 1.82) is 0 Å². The van der Waals surface area contributed by atoms with Gasteiger partial charge in [0, 0.05) is 37.3 Å². The van der Waals surface area contributed by atoms with Crippen LogP contribution in [0.15, 0.2) is 30.3 Å². The number of ether oxygens (including phenoxy) is 1. The van der Waals surface area contributed by atoms with Gasteiger partial charge in [0.05, 0.1) is 23.7 Å². The maximum atomic E-state index is 14.2. The molecule has 0 saturated carbocycles. The van der Waals surface area contributed by atoms with Crippen molar-refractivity contribution in [2.24, 2.45) is 0 Å². The third-order valence-corrected chi connectivity index (χ3v) is 6.28. The monoisotopic (exact) mass is 386 g/mol. The second kappa shape index (κ2) is 7.54. The van der Waals surface area contributed by atoms with E-state index in [1.165, 1.54) is 23.1 Å². The highest BCUT2D eigenvalue weighted by atomic mass is 32.1. The molecule has 1 aromatic carbocycles. The van der Waals surface area contributed by atoms with Gasteiger partial charge in [0.2, 0.25) is 5.78 Å². The molecule has 0 radical (unpaired) electrons. The van der Waals surface area contributed by atoms with Crippen molar-refractivity contribution in [2.75, 3.05) is 32.8 Å². The Morgan fingerprint density at radius 2 is 1.93 bits per heavy atom. The first-order valence-corrected chi connectivity index (χ1v) is 10.1. The number of hydrogen-bond donors (Lipinski definition) is 0. The molecule has 1 aliphatic heterocycles. The maximum Gasteiger partial charge on any atom is 0.205 e. The van der Waals surface area contributed by atoms with Crippen LogP contribution in [0.3, 0.4) is 0 Å². The quantitative estimate of drug-likeness (QED) is 0.621. The topological polar surface area (TPSA) is 34.5 Å². The number of aryl methyl sites for hydroxylation is 2. The number of nitrogens with zero attached hydrogens (tertiary/aromatic N) is 2. The molecule has 27 heavy (non-hydrogen) atoms. The fraction of sp³-hybridized carbons (Fsp3) is 0.381. The average molecular weight is 386 g/mol. The third kappa shape index (κ3) is 3.70. The molecule has 4 rings (SSSR count). The van der Waals surface area contributed by atoms with Crippen LogP contribution in [0.5, 0.6) is 0 Å². The van der Waals surface area contributed by atoms with Crippen LogP contribution in [0, 0.1) is 19.7 Å². The molecule has 142 valence electrons. The molecule has 1 aliphatic rings. The number of halogens is 1. The Kier molecular flexibility index (Phi) is 5.12. The lowest BCUT2D eigenvalue weighted by Crippen LogP contribution is -2.38. The van der Waals surface area contributed by atoms with E-state index in [9.17, 15) is 9.18 Å². The van der Waals surface area contributed by atoms with Crippen molar-refractivity contribution in [3.8, 4) is 0 Å². The van der Waals surface area contributed by atoms with Gasteiger partial charge in [-0.2, -0.15) is 0 Å². The van der Waals surface area contributed by atoms with Crippen LogP contribution in [0.2, 0.25) is 0 Å². The number of fused-ring (bicyclic) bond motifs is 1. The number of carbonyl (C=O) groups excluding carboxylic acids is 1. The van der Waals surface area contributed by atoms with Crippen LogP contribution in [-0.4, -0.2) is 48.1 Å². The Labute approximate surface area is 162 Å². The van der Waals surface area contributed by atoms with Crippen molar-refractivity contribution >= 4 is 27.3 Å². The lowest BCUT2D eigenvalue weighted by Gasteiger charge is -2.26. The molecule has 1 saturated heterocycles. The van der Waals surface area contributed by atoms with Crippen molar-refractivity contribution in [2.45, 2.75) is 20.4 Å². The van der Waals surface area contributed by atoms with Crippen LogP contribution in [-0.2, 0) is 11.3 Å². The van der Waals surface area contributed by atoms with E-state index in [1.807, 2.05) is 13.0 Å². The second-order valence-corrected chi connectivity index (χ2v) is 8.11. The molecule has 0 amide bonds. The van der Waals surface area contributed by atoms with Gasteiger partial charge in [0.15, 0.2) is 0 Å². The predicted molar refractivity (Wildman–Crippen MR) is 106 cm³/mol. The van der Waals surface area contributed by atoms with Crippen LogP contribution in [0.25, 0.3) is 10.2 Å². The number of hydrogen-bond acceptors (Lipinski definition) is 4. The highest BCUT2D eigenvalue weighted by Crippen LogP contribution is 2.31. The molecule has 1 fully saturated rings. The fourth-order valence-electron chi connectivity index (χ4n) is 3.57. The first kappa shape index (κ1) is 18.3. The molecule has 0 bridgehead atoms. The largest absolute Gasteiger partial charge is 0.379 e. The zero-order valence-corrected chi connectivity index (χ0v) is 16.4. The molecule has 2 aromatic heterocycles. The van der Waals surface area contributed by atoms with E-state index in [1.54, 1.807) is 12.1 Å². The van der Waals surface area contributed by atoms with Gasteiger partial charge in [-0.1, -0.05) is 6.07 Å². The molecule has 0 N–H and O–H groups in total. The number of benzene rings is 1. The third-order valence-electron chi connectivity index (χ3n) is 5.11. The molecule has 6 heteroatoms. The smallest absolute Gasteiger partial charge is 0.205 e. The zero-order chi connectivity index (χ0) is 19.0. The summed E-state index contributed by atoms with van der Waals surface area (Å²) in [5, 5.41) is 1.05. The fourth-order valence-corrected chi connectivity index (χ4v) is 4.74. The number of rotatable bonds is 5. The number of morpholine rings is 1. The Morgan fingerprint density at radius 1 is 1.15 bits per heavy atom. The Bertz CT molecular complexity index is 986. The van der Waals surface area contributed by atoms with Crippen LogP contribution in [0.4, 0.5) is 4.39 Å². The van der Waals surface area contributed by atoms with E-state index < -0.39 is 5.82 Å². The SMILES string of the molecule is Cc1ccc(C(=O)c2cc3cc(C)n(CCN4CCOCC4)c3s2)c(F)c1. The van der Waals surface area contributed by atoms with E-state index in [0.717, 1.165) is 55.2 Å². The number of carbonyl (C=O) groups is 1.